The van der Waals surface area contributed by atoms with Crippen LogP contribution in [0.3, 0.4) is 0 Å². The molecule has 1 aliphatic rings. The van der Waals surface area contributed by atoms with Gasteiger partial charge >= 0.3 is 5.91 Å². The van der Waals surface area contributed by atoms with Gasteiger partial charge in [0.25, 0.3) is 5.91 Å². The highest BCUT2D eigenvalue weighted by atomic mass is 16.5. The molecular formula is C21H17N3O4. The van der Waals surface area contributed by atoms with E-state index in [1.54, 1.807) is 24.3 Å². The maximum atomic E-state index is 13.0. The number of fused-ring (bicyclic) bond motifs is 1. The summed E-state index contributed by atoms with van der Waals surface area (Å²) < 4.78 is 10.8. The Morgan fingerprint density at radius 2 is 1.89 bits per heavy atom. The Morgan fingerprint density at radius 3 is 2.68 bits per heavy atom. The van der Waals surface area contributed by atoms with E-state index in [1.807, 2.05) is 37.3 Å². The summed E-state index contributed by atoms with van der Waals surface area (Å²) in [6.07, 6.45) is 2.77. The summed E-state index contributed by atoms with van der Waals surface area (Å²) in [6, 6.07) is 17.6. The van der Waals surface area contributed by atoms with Crippen LogP contribution >= 0.6 is 0 Å². The number of anilines is 1. The van der Waals surface area contributed by atoms with Gasteiger partial charge < -0.3 is 14.5 Å². The number of para-hydroxylation sites is 2. The molecule has 2 aromatic carbocycles. The van der Waals surface area contributed by atoms with Gasteiger partial charge in [-0.1, -0.05) is 30.3 Å². The Morgan fingerprint density at radius 1 is 1.11 bits per heavy atom. The Balaban J connectivity index is 1.66. The monoisotopic (exact) mass is 375 g/mol. The lowest BCUT2D eigenvalue weighted by Crippen LogP contribution is -2.49. The van der Waals surface area contributed by atoms with Gasteiger partial charge in [0.15, 0.2) is 11.6 Å². The summed E-state index contributed by atoms with van der Waals surface area (Å²) in [7, 11) is 0. The molecule has 4 rings (SSSR count). The maximum Gasteiger partial charge on any atom is 0.305 e. The molecule has 0 saturated heterocycles. The van der Waals surface area contributed by atoms with Gasteiger partial charge in [0.1, 0.15) is 12.0 Å². The second-order valence-corrected chi connectivity index (χ2v) is 6.12. The minimum absolute atomic E-state index is 0.0887. The molecule has 0 fully saturated rings. The number of carbonyl (C=O) groups excluding carboxylic acids is 2. The van der Waals surface area contributed by atoms with E-state index in [0.717, 1.165) is 10.6 Å². The van der Waals surface area contributed by atoms with Gasteiger partial charge in [-0.05, 0) is 42.8 Å². The SMILES string of the molecule is Cc1ccccc1O/C=C1/Nc2ccccc2C(=O)N1NC(=O)c1ccco1. The molecule has 7 nitrogen and oxygen atoms in total. The Labute approximate surface area is 161 Å². The number of amides is 2. The summed E-state index contributed by atoms with van der Waals surface area (Å²) in [5.74, 6) is 0.0494. The standard InChI is InChI=1S/C21H17N3O4/c1-14-7-2-5-10-17(14)28-13-19-22-16-9-4-3-8-15(16)21(26)24(19)23-20(25)18-11-6-12-27-18/h2-13,22H,1H3,(H,23,25)/b19-13-. The Kier molecular flexibility index (Phi) is 4.55. The second-order valence-electron chi connectivity index (χ2n) is 6.12. The predicted octanol–water partition coefficient (Wildman–Crippen LogP) is 3.68. The maximum absolute atomic E-state index is 13.0. The van der Waals surface area contributed by atoms with Gasteiger partial charge in [-0.25, -0.2) is 0 Å². The van der Waals surface area contributed by atoms with E-state index in [4.69, 9.17) is 9.15 Å². The third-order valence-corrected chi connectivity index (χ3v) is 4.21. The molecule has 1 aromatic heterocycles. The van der Waals surface area contributed by atoms with Gasteiger partial charge in [-0.2, -0.15) is 5.01 Å². The van der Waals surface area contributed by atoms with Crippen molar-refractivity contribution in [2.75, 3.05) is 5.32 Å². The molecule has 0 spiro atoms. The van der Waals surface area contributed by atoms with E-state index in [0.29, 0.717) is 17.0 Å². The third-order valence-electron chi connectivity index (χ3n) is 4.21. The topological polar surface area (TPSA) is 83.8 Å². The number of nitrogens with zero attached hydrogens (tertiary/aromatic N) is 1. The molecule has 0 saturated carbocycles. The van der Waals surface area contributed by atoms with Crippen molar-refractivity contribution < 1.29 is 18.7 Å². The lowest BCUT2D eigenvalue weighted by Gasteiger charge is -2.31. The van der Waals surface area contributed by atoms with Crippen LogP contribution < -0.4 is 15.5 Å². The van der Waals surface area contributed by atoms with E-state index in [2.05, 4.69) is 10.7 Å². The number of benzene rings is 2. The van der Waals surface area contributed by atoms with Crippen LogP contribution in [-0.2, 0) is 0 Å². The van der Waals surface area contributed by atoms with Crippen molar-refractivity contribution >= 4 is 17.5 Å². The van der Waals surface area contributed by atoms with Crippen LogP contribution in [0.15, 0.2) is 83.4 Å². The number of hydrogen-bond donors (Lipinski definition) is 2. The molecule has 0 aliphatic carbocycles. The van der Waals surface area contributed by atoms with Gasteiger partial charge in [-0.3, -0.25) is 15.0 Å². The van der Waals surface area contributed by atoms with Crippen molar-refractivity contribution in [3.63, 3.8) is 0 Å². The molecule has 0 radical (unpaired) electrons. The highest BCUT2D eigenvalue weighted by molar-refractivity contribution is 6.04. The van der Waals surface area contributed by atoms with Crippen LogP contribution in [0, 0.1) is 6.92 Å². The van der Waals surface area contributed by atoms with Crippen LogP contribution in [0.25, 0.3) is 0 Å². The number of hydrazine groups is 1. The number of ether oxygens (including phenoxy) is 1. The highest BCUT2D eigenvalue weighted by Gasteiger charge is 2.30. The number of hydrogen-bond acceptors (Lipinski definition) is 5. The van der Waals surface area contributed by atoms with Crippen LogP contribution in [0.2, 0.25) is 0 Å². The van der Waals surface area contributed by atoms with Crippen LogP contribution in [-0.4, -0.2) is 16.8 Å². The van der Waals surface area contributed by atoms with Crippen molar-refractivity contribution in [2.24, 2.45) is 0 Å². The molecule has 2 amide bonds. The number of carbonyl (C=O) groups is 2. The smallest absolute Gasteiger partial charge is 0.305 e. The largest absolute Gasteiger partial charge is 0.461 e. The summed E-state index contributed by atoms with van der Waals surface area (Å²) in [6.45, 7) is 1.92. The van der Waals surface area contributed by atoms with Crippen LogP contribution in [0.1, 0.15) is 26.5 Å². The molecule has 1 aliphatic heterocycles. The zero-order chi connectivity index (χ0) is 19.5. The minimum Gasteiger partial charge on any atom is -0.461 e. The van der Waals surface area contributed by atoms with E-state index in [1.165, 1.54) is 18.6 Å². The van der Waals surface area contributed by atoms with Gasteiger partial charge in [-0.15, -0.1) is 0 Å². The second kappa shape index (κ2) is 7.32. The normalized spacial score (nSPS) is 14.4. The van der Waals surface area contributed by atoms with Crippen molar-refractivity contribution in [3.05, 3.63) is 95.9 Å². The van der Waals surface area contributed by atoms with Crippen LogP contribution in [0.4, 0.5) is 5.69 Å². The molecule has 2 N–H and O–H groups in total. The van der Waals surface area contributed by atoms with Crippen molar-refractivity contribution in [3.8, 4) is 5.75 Å². The summed E-state index contributed by atoms with van der Waals surface area (Å²) in [5, 5.41) is 4.22. The van der Waals surface area contributed by atoms with Crippen LogP contribution in [0.5, 0.6) is 5.75 Å². The number of nitrogens with one attached hydrogen (secondary N) is 2. The van der Waals surface area contributed by atoms with Crippen molar-refractivity contribution in [1.29, 1.82) is 0 Å². The molecule has 0 bridgehead atoms. The molecule has 140 valence electrons. The minimum atomic E-state index is -0.554. The quantitative estimate of drug-likeness (QED) is 0.680. The van der Waals surface area contributed by atoms with E-state index >= 15 is 0 Å². The zero-order valence-corrected chi connectivity index (χ0v) is 15.0. The molecular weight excluding hydrogens is 358 g/mol. The lowest BCUT2D eigenvalue weighted by molar-refractivity contribution is 0.0630. The summed E-state index contributed by atoms with van der Waals surface area (Å²) in [5.41, 5.74) is 4.54. The van der Waals surface area contributed by atoms with E-state index in [-0.39, 0.29) is 11.6 Å². The number of furan rings is 1. The third kappa shape index (κ3) is 3.33. The van der Waals surface area contributed by atoms with Gasteiger partial charge in [0.05, 0.1) is 17.5 Å². The zero-order valence-electron chi connectivity index (χ0n) is 15.0. The fraction of sp³-hybridized carbons (Fsp3) is 0.0476. The average molecular weight is 375 g/mol. The molecule has 7 heteroatoms. The summed E-state index contributed by atoms with van der Waals surface area (Å²) in [4.78, 5) is 25.4. The highest BCUT2D eigenvalue weighted by Crippen LogP contribution is 2.26. The first-order chi connectivity index (χ1) is 13.6. The Hall–Kier alpha value is -4.00. The molecule has 2 heterocycles. The average Bonchev–Trinajstić information content (AvgIpc) is 3.25. The molecule has 0 atom stereocenters. The Bertz CT molecular complexity index is 1060. The van der Waals surface area contributed by atoms with Gasteiger partial charge in [0.2, 0.25) is 0 Å². The van der Waals surface area contributed by atoms with Crippen molar-refractivity contribution in [1.82, 2.24) is 10.4 Å². The predicted molar refractivity (Wildman–Crippen MR) is 102 cm³/mol. The van der Waals surface area contributed by atoms with Crippen molar-refractivity contribution in [2.45, 2.75) is 6.92 Å². The fourth-order valence-corrected chi connectivity index (χ4v) is 2.77. The molecule has 3 aromatic rings. The fourth-order valence-electron chi connectivity index (χ4n) is 2.77. The molecule has 0 unspecified atom stereocenters. The first kappa shape index (κ1) is 17.4. The van der Waals surface area contributed by atoms with E-state index < -0.39 is 11.8 Å². The summed E-state index contributed by atoms with van der Waals surface area (Å²) >= 11 is 0. The van der Waals surface area contributed by atoms with Gasteiger partial charge in [0, 0.05) is 0 Å². The van der Waals surface area contributed by atoms with E-state index in [9.17, 15) is 9.59 Å². The first-order valence-electron chi connectivity index (χ1n) is 8.61. The molecule has 28 heavy (non-hydrogen) atoms. The number of rotatable bonds is 4. The number of aryl methyl sites for hydroxylation is 1. The lowest BCUT2D eigenvalue weighted by atomic mass is 10.1. The first-order valence-corrected chi connectivity index (χ1v) is 8.61.